The average molecular weight is 985 g/mol. The van der Waals surface area contributed by atoms with Gasteiger partial charge in [-0.25, -0.2) is 4.79 Å². The third-order valence-corrected chi connectivity index (χ3v) is 18.4. The zero-order chi connectivity index (χ0) is 49.5. The molecule has 20 nitrogen and oxygen atoms in total. The number of rotatable bonds is 11. The number of carbonyl (C=O) groups excluding carboxylic acids is 2. The van der Waals surface area contributed by atoms with E-state index < -0.39 is 134 Å². The van der Waals surface area contributed by atoms with Crippen LogP contribution in [0.3, 0.4) is 0 Å². The van der Waals surface area contributed by atoms with E-state index in [1.54, 1.807) is 26.8 Å². The zero-order valence-electron chi connectivity index (χ0n) is 40.5. The van der Waals surface area contributed by atoms with Crippen molar-refractivity contribution in [3.63, 3.8) is 0 Å². The van der Waals surface area contributed by atoms with Crippen molar-refractivity contribution in [2.45, 2.75) is 234 Å². The van der Waals surface area contributed by atoms with Crippen molar-refractivity contribution >= 4 is 11.9 Å². The van der Waals surface area contributed by atoms with Crippen molar-refractivity contribution in [2.24, 2.45) is 34.5 Å². The summed E-state index contributed by atoms with van der Waals surface area (Å²) in [6.07, 6.45) is -11.1. The number of aliphatic hydroxyl groups excluding tert-OH is 7. The van der Waals surface area contributed by atoms with Gasteiger partial charge >= 0.3 is 11.9 Å². The molecule has 5 heterocycles. The molecule has 69 heavy (non-hydrogen) atoms. The number of aliphatic hydroxyl groups is 8. The summed E-state index contributed by atoms with van der Waals surface area (Å²) in [7, 11) is 0. The molecule has 0 radical (unpaired) electrons. The molecular formula is C49H76O20. The smallest absolute Gasteiger partial charge is 0.331 e. The van der Waals surface area contributed by atoms with E-state index in [-0.39, 0.29) is 61.1 Å². The van der Waals surface area contributed by atoms with E-state index in [0.717, 1.165) is 37.7 Å². The van der Waals surface area contributed by atoms with Crippen LogP contribution < -0.4 is 0 Å². The molecule has 0 aromatic rings. The third-order valence-electron chi connectivity index (χ3n) is 18.4. The monoisotopic (exact) mass is 984 g/mol. The van der Waals surface area contributed by atoms with Crippen LogP contribution in [0, 0.1) is 34.5 Å². The van der Waals surface area contributed by atoms with E-state index >= 15 is 0 Å². The number of cyclic esters (lactones) is 1. The van der Waals surface area contributed by atoms with Crippen LogP contribution in [0.5, 0.6) is 0 Å². The highest BCUT2D eigenvalue weighted by molar-refractivity contribution is 5.85. The van der Waals surface area contributed by atoms with Gasteiger partial charge in [-0.2, -0.15) is 0 Å². The van der Waals surface area contributed by atoms with Gasteiger partial charge in [-0.1, -0.05) is 13.8 Å². The summed E-state index contributed by atoms with van der Waals surface area (Å²) in [6.45, 7) is 10.3. The van der Waals surface area contributed by atoms with Crippen molar-refractivity contribution < 1.29 is 97.8 Å². The van der Waals surface area contributed by atoms with Crippen LogP contribution in [-0.4, -0.2) is 188 Å². The Hall–Kier alpha value is -1.96. The van der Waals surface area contributed by atoms with Crippen molar-refractivity contribution in [1.29, 1.82) is 0 Å². The Kier molecular flexibility index (Phi) is 15.1. The van der Waals surface area contributed by atoms with Gasteiger partial charge in [-0.3, -0.25) is 4.79 Å². The summed E-state index contributed by atoms with van der Waals surface area (Å²) in [4.78, 5) is 24.2. The van der Waals surface area contributed by atoms with Gasteiger partial charge in [0.15, 0.2) is 25.2 Å². The molecule has 8 fully saturated rings. The van der Waals surface area contributed by atoms with Gasteiger partial charge in [0.25, 0.3) is 0 Å². The van der Waals surface area contributed by atoms with Crippen LogP contribution >= 0.6 is 0 Å². The third kappa shape index (κ3) is 9.48. The van der Waals surface area contributed by atoms with Crippen LogP contribution in [0.15, 0.2) is 11.6 Å². The maximum atomic E-state index is 12.6. The first-order valence-corrected chi connectivity index (χ1v) is 25.3. The minimum atomic E-state index is -1.69. The number of carbonyl (C=O) groups is 2. The Labute approximate surface area is 402 Å². The Morgan fingerprint density at radius 3 is 1.93 bits per heavy atom. The summed E-state index contributed by atoms with van der Waals surface area (Å²) in [5.41, 5.74) is -1.01. The summed E-state index contributed by atoms with van der Waals surface area (Å²) >= 11 is 0. The Balaban J connectivity index is 0.752. The lowest BCUT2D eigenvalue weighted by molar-refractivity contribution is -0.355. The predicted molar refractivity (Wildman–Crippen MR) is 235 cm³/mol. The number of hydrogen-bond acceptors (Lipinski definition) is 20. The van der Waals surface area contributed by atoms with Crippen LogP contribution in [0.25, 0.3) is 0 Å². The van der Waals surface area contributed by atoms with Gasteiger partial charge in [-0.15, -0.1) is 0 Å². The molecule has 17 unspecified atom stereocenters. The van der Waals surface area contributed by atoms with Crippen LogP contribution in [0.1, 0.15) is 112 Å². The molecule has 9 aliphatic rings. The van der Waals surface area contributed by atoms with Crippen molar-refractivity contribution in [1.82, 2.24) is 0 Å². The van der Waals surface area contributed by atoms with Gasteiger partial charge in [-0.05, 0) is 107 Å². The maximum Gasteiger partial charge on any atom is 0.331 e. The highest BCUT2D eigenvalue weighted by Crippen LogP contribution is 2.70. The van der Waals surface area contributed by atoms with Gasteiger partial charge in [0.1, 0.15) is 55.4 Å². The highest BCUT2D eigenvalue weighted by atomic mass is 16.8. The number of hydrogen-bond donors (Lipinski definition) is 8. The molecule has 0 aromatic carbocycles. The van der Waals surface area contributed by atoms with Gasteiger partial charge in [0, 0.05) is 37.7 Å². The SMILES string of the molecule is CC(=O)OC1CC(OC2C(O)CC(OC3C(O)CC(O[C@@H]4CC[C@@]5(C)[C@H](CC[C@@H]6[C@@H]5C[C@@H](O)[C@]5(C)[C@@H](C7=CC(=O)OC7)CC[C@]65O)C4)OC3C)OC2C)OC(C)C1OC1OC(CO)C(O)C(O)C1O. The molecule has 4 saturated carbocycles. The topological polar surface area (TPSA) is 288 Å². The summed E-state index contributed by atoms with van der Waals surface area (Å²) < 4.78 is 60.1. The second kappa shape index (κ2) is 20.0. The quantitative estimate of drug-likeness (QED) is 0.104. The van der Waals surface area contributed by atoms with Gasteiger partial charge < -0.3 is 88.2 Å². The fourth-order valence-corrected chi connectivity index (χ4v) is 14.6. The van der Waals surface area contributed by atoms with Crippen molar-refractivity contribution in [3.8, 4) is 0 Å². The fraction of sp³-hybridized carbons (Fsp3) is 0.918. The standard InChI is InChI=1S/C49H76O20/c1-21-43(67-38-17-32(53)44(22(2)62-38)68-39-18-33(64-24(4)51)45(23(3)63-39)69-46-42(58)41(57)40(56)34(19-50)66-46)31(52)16-37(61-21)65-27-9-11-47(5)26(14-27)7-8-29-30(47)15-35(54)48(6)28(10-12-49(29,48)59)25-13-36(55)60-20-25/h13,21-23,26-35,37-46,50,52-54,56-59H,7-12,14-20H2,1-6H3/t21?,22?,23?,26-,27-,28-,29-,30+,31?,32?,33?,34?,35-,37?,38?,39?,40?,41?,42?,43?,44?,45?,46?,47+,48+,49+/m1/s1. The highest BCUT2D eigenvalue weighted by Gasteiger charge is 2.71. The molecule has 4 aliphatic carbocycles. The molecule has 0 bridgehead atoms. The maximum absolute atomic E-state index is 12.6. The minimum Gasteiger partial charge on any atom is -0.459 e. The normalized spacial score (nSPS) is 53.3. The number of esters is 2. The molecule has 26 atom stereocenters. The summed E-state index contributed by atoms with van der Waals surface area (Å²) in [5, 5.41) is 88.1. The average Bonchev–Trinajstić information content (AvgIpc) is 3.84. The minimum absolute atomic E-state index is 0.00421. The van der Waals surface area contributed by atoms with Crippen molar-refractivity contribution in [2.75, 3.05) is 13.2 Å². The van der Waals surface area contributed by atoms with Crippen molar-refractivity contribution in [3.05, 3.63) is 11.6 Å². The largest absolute Gasteiger partial charge is 0.459 e. The summed E-state index contributed by atoms with van der Waals surface area (Å²) in [5.74, 6) is -0.580. The molecule has 4 saturated heterocycles. The van der Waals surface area contributed by atoms with E-state index in [9.17, 15) is 50.4 Å². The van der Waals surface area contributed by atoms with Crippen LogP contribution in [0.2, 0.25) is 0 Å². The lowest BCUT2D eigenvalue weighted by Crippen LogP contribution is -2.67. The molecule has 0 spiro atoms. The lowest BCUT2D eigenvalue weighted by atomic mass is 9.42. The molecule has 20 heteroatoms. The van der Waals surface area contributed by atoms with Gasteiger partial charge in [0.05, 0.1) is 54.9 Å². The molecule has 392 valence electrons. The first kappa shape index (κ1) is 51.9. The van der Waals surface area contributed by atoms with Crippen LogP contribution in [0.4, 0.5) is 0 Å². The Morgan fingerprint density at radius 2 is 1.33 bits per heavy atom. The second-order valence-electron chi connectivity index (χ2n) is 22.2. The first-order chi connectivity index (χ1) is 32.6. The molecule has 0 aromatic heterocycles. The molecule has 8 N–H and O–H groups in total. The van der Waals surface area contributed by atoms with Crippen LogP contribution in [-0.2, 0) is 57.0 Å². The molecule has 9 rings (SSSR count). The summed E-state index contributed by atoms with van der Waals surface area (Å²) in [6, 6.07) is 0. The van der Waals surface area contributed by atoms with E-state index in [0.29, 0.717) is 25.2 Å². The van der Waals surface area contributed by atoms with E-state index in [1.165, 1.54) is 6.92 Å². The number of fused-ring (bicyclic) bond motifs is 5. The molecular weight excluding hydrogens is 909 g/mol. The molecule has 5 aliphatic heterocycles. The van der Waals surface area contributed by atoms with E-state index in [2.05, 4.69) is 6.92 Å². The second-order valence-corrected chi connectivity index (χ2v) is 22.2. The molecule has 0 amide bonds. The first-order valence-electron chi connectivity index (χ1n) is 25.3. The lowest BCUT2D eigenvalue weighted by Gasteiger charge is -2.65. The van der Waals surface area contributed by atoms with E-state index in [4.69, 9.17) is 47.4 Å². The fourth-order valence-electron chi connectivity index (χ4n) is 14.6. The predicted octanol–water partition coefficient (Wildman–Crippen LogP) is 0.613. The Morgan fingerprint density at radius 1 is 0.710 bits per heavy atom. The van der Waals surface area contributed by atoms with E-state index in [1.807, 2.05) is 6.92 Å². The number of ether oxygens (including phenoxy) is 10. The zero-order valence-corrected chi connectivity index (χ0v) is 40.5. The van der Waals surface area contributed by atoms with Gasteiger partial charge in [0.2, 0.25) is 0 Å². The Bertz CT molecular complexity index is 1850.